The van der Waals surface area contributed by atoms with Crippen molar-refractivity contribution < 1.29 is 27.6 Å². The molecule has 0 unspecified atom stereocenters. The van der Waals surface area contributed by atoms with Crippen LogP contribution in [-0.2, 0) is 27.2 Å². The van der Waals surface area contributed by atoms with Crippen LogP contribution in [0.4, 0.5) is 19.1 Å². The number of benzene rings is 1. The van der Waals surface area contributed by atoms with Gasteiger partial charge in [-0.1, -0.05) is 44.2 Å². The minimum atomic E-state index is -4.64. The van der Waals surface area contributed by atoms with E-state index in [4.69, 9.17) is 4.84 Å². The van der Waals surface area contributed by atoms with Gasteiger partial charge in [0.15, 0.2) is 0 Å². The lowest BCUT2D eigenvalue weighted by Crippen LogP contribution is -2.52. The summed E-state index contributed by atoms with van der Waals surface area (Å²) in [6, 6.07) is 10.0. The van der Waals surface area contributed by atoms with Crippen molar-refractivity contribution in [3.63, 3.8) is 0 Å². The van der Waals surface area contributed by atoms with Gasteiger partial charge in [0.1, 0.15) is 12.3 Å². The first-order valence-corrected chi connectivity index (χ1v) is 10.9. The quantitative estimate of drug-likeness (QED) is 0.415. The van der Waals surface area contributed by atoms with Crippen molar-refractivity contribution in [2.45, 2.75) is 52.3 Å². The van der Waals surface area contributed by atoms with Gasteiger partial charge in [-0.25, -0.2) is 15.0 Å². The second-order valence-electron chi connectivity index (χ2n) is 9.23. The van der Waals surface area contributed by atoms with E-state index in [-0.39, 0.29) is 24.5 Å². The average molecular weight is 480 g/mol. The number of aromatic nitrogens is 2. The van der Waals surface area contributed by atoms with Gasteiger partial charge in [-0.3, -0.25) is 25.3 Å². The number of hydrogen-bond acceptors (Lipinski definition) is 6. The third-order valence-corrected chi connectivity index (χ3v) is 6.09. The molecule has 2 N–H and O–H groups in total. The summed E-state index contributed by atoms with van der Waals surface area (Å²) < 4.78 is 38.7. The van der Waals surface area contributed by atoms with Gasteiger partial charge in [-0.15, -0.1) is 0 Å². The molecule has 1 fully saturated rings. The summed E-state index contributed by atoms with van der Waals surface area (Å²) in [6.07, 6.45) is -0.764. The lowest BCUT2D eigenvalue weighted by molar-refractivity contribution is -0.191. The van der Waals surface area contributed by atoms with Crippen LogP contribution in [0.2, 0.25) is 0 Å². The second kappa shape index (κ2) is 10.4. The van der Waals surface area contributed by atoms with Crippen LogP contribution in [0.1, 0.15) is 50.8 Å². The Morgan fingerprint density at radius 1 is 1.15 bits per heavy atom. The average Bonchev–Trinajstić information content (AvgIpc) is 2.82. The molecule has 1 heterocycles. The number of amides is 2. The Hall–Kier alpha value is -3.21. The molecule has 0 aliphatic heterocycles. The lowest BCUT2D eigenvalue weighted by Gasteiger charge is -2.43. The Balaban J connectivity index is 1.71. The molecule has 3 rings (SSSR count). The molecule has 184 valence electrons. The summed E-state index contributed by atoms with van der Waals surface area (Å²) in [6.45, 7) is 4.36. The number of hydrogen-bond donors (Lipinski definition) is 2. The van der Waals surface area contributed by atoms with E-state index in [9.17, 15) is 22.8 Å². The standard InChI is InChI=1S/C23H28F3N5O3/c1-21(2)9-11-22(12-10-21,15-31(16-32)34-14-17-6-4-3-5-7-17)19(33)29-30-20-27-13-8-18(28-20)23(24,25)26/h3-8,13,16H,9-12,14-15H2,1-2H3,(H,29,33)(H,27,28,30). The van der Waals surface area contributed by atoms with E-state index in [2.05, 4.69) is 34.7 Å². The van der Waals surface area contributed by atoms with Crippen LogP contribution in [-0.4, -0.2) is 33.9 Å². The molecule has 0 saturated heterocycles. The molecule has 8 nitrogen and oxygen atoms in total. The molecule has 1 aliphatic rings. The maximum atomic E-state index is 13.3. The zero-order valence-corrected chi connectivity index (χ0v) is 19.1. The highest BCUT2D eigenvalue weighted by Crippen LogP contribution is 2.45. The lowest BCUT2D eigenvalue weighted by atomic mass is 9.64. The minimum absolute atomic E-state index is 0.00360. The summed E-state index contributed by atoms with van der Waals surface area (Å²) >= 11 is 0. The van der Waals surface area contributed by atoms with Crippen LogP contribution < -0.4 is 10.9 Å². The van der Waals surface area contributed by atoms with E-state index >= 15 is 0 Å². The second-order valence-corrected chi connectivity index (χ2v) is 9.23. The molecular weight excluding hydrogens is 451 g/mol. The van der Waals surface area contributed by atoms with Gasteiger partial charge < -0.3 is 0 Å². The molecule has 34 heavy (non-hydrogen) atoms. The number of hydrazine groups is 1. The van der Waals surface area contributed by atoms with Crippen molar-refractivity contribution in [2.24, 2.45) is 10.8 Å². The Labute approximate surface area is 195 Å². The Kier molecular flexibility index (Phi) is 7.75. The molecule has 1 aromatic heterocycles. The van der Waals surface area contributed by atoms with Crippen LogP contribution in [0.15, 0.2) is 42.6 Å². The fraction of sp³-hybridized carbons (Fsp3) is 0.478. The van der Waals surface area contributed by atoms with Gasteiger partial charge in [0.2, 0.25) is 18.3 Å². The predicted octanol–water partition coefficient (Wildman–Crippen LogP) is 4.12. The number of carbonyl (C=O) groups is 2. The first-order chi connectivity index (χ1) is 16.0. The maximum Gasteiger partial charge on any atom is 0.433 e. The van der Waals surface area contributed by atoms with E-state index in [0.29, 0.717) is 19.3 Å². The smallest absolute Gasteiger partial charge is 0.276 e. The van der Waals surface area contributed by atoms with Gasteiger partial charge >= 0.3 is 6.18 Å². The number of nitrogens with one attached hydrogen (secondary N) is 2. The first kappa shape index (κ1) is 25.4. The Morgan fingerprint density at radius 2 is 1.82 bits per heavy atom. The number of rotatable bonds is 9. The Morgan fingerprint density at radius 3 is 2.44 bits per heavy atom. The van der Waals surface area contributed by atoms with Gasteiger partial charge in [0, 0.05) is 6.20 Å². The summed E-state index contributed by atoms with van der Waals surface area (Å²) in [5.74, 6) is -0.860. The maximum absolute atomic E-state index is 13.3. The van der Waals surface area contributed by atoms with Crippen molar-refractivity contribution in [2.75, 3.05) is 12.0 Å². The number of halogens is 3. The summed E-state index contributed by atoms with van der Waals surface area (Å²) in [7, 11) is 0. The normalized spacial score (nSPS) is 17.0. The van der Waals surface area contributed by atoms with Crippen molar-refractivity contribution >= 4 is 18.3 Å². The molecule has 0 spiro atoms. The fourth-order valence-corrected chi connectivity index (χ4v) is 3.83. The summed E-state index contributed by atoms with van der Waals surface area (Å²) in [5.41, 5.74) is 3.58. The number of anilines is 1. The zero-order valence-electron chi connectivity index (χ0n) is 19.1. The Bertz CT molecular complexity index is 975. The van der Waals surface area contributed by atoms with E-state index in [1.165, 1.54) is 0 Å². The molecule has 2 amide bonds. The van der Waals surface area contributed by atoms with Gasteiger partial charge in [-0.2, -0.15) is 13.2 Å². The number of nitrogens with zero attached hydrogens (tertiary/aromatic N) is 3. The molecule has 1 saturated carbocycles. The molecule has 1 aromatic carbocycles. The van der Waals surface area contributed by atoms with Gasteiger partial charge in [0.05, 0.1) is 12.0 Å². The zero-order chi connectivity index (χ0) is 24.8. The van der Waals surface area contributed by atoms with Gasteiger partial charge in [0.25, 0.3) is 0 Å². The molecule has 0 atom stereocenters. The number of alkyl halides is 3. The highest BCUT2D eigenvalue weighted by molar-refractivity contribution is 5.84. The molecule has 2 aromatic rings. The molecule has 1 aliphatic carbocycles. The number of carbonyl (C=O) groups excluding carboxylic acids is 2. The largest absolute Gasteiger partial charge is 0.433 e. The highest BCUT2D eigenvalue weighted by Gasteiger charge is 2.45. The van der Waals surface area contributed by atoms with E-state index in [1.807, 2.05) is 30.3 Å². The van der Waals surface area contributed by atoms with E-state index in [0.717, 1.165) is 35.7 Å². The summed E-state index contributed by atoms with van der Waals surface area (Å²) in [4.78, 5) is 37.8. The summed E-state index contributed by atoms with van der Waals surface area (Å²) in [5, 5.41) is 1.10. The first-order valence-electron chi connectivity index (χ1n) is 10.9. The topological polar surface area (TPSA) is 96.5 Å². The van der Waals surface area contributed by atoms with Crippen molar-refractivity contribution in [3.8, 4) is 0 Å². The van der Waals surface area contributed by atoms with E-state index in [1.54, 1.807) is 0 Å². The van der Waals surface area contributed by atoms with Crippen molar-refractivity contribution in [3.05, 3.63) is 53.9 Å². The number of hydroxylamine groups is 2. The van der Waals surface area contributed by atoms with Crippen LogP contribution in [0, 0.1) is 10.8 Å². The van der Waals surface area contributed by atoms with Crippen LogP contribution in [0.5, 0.6) is 0 Å². The third-order valence-electron chi connectivity index (χ3n) is 6.09. The molecule has 11 heteroatoms. The molecule has 0 radical (unpaired) electrons. The molecular formula is C23H28F3N5O3. The van der Waals surface area contributed by atoms with E-state index < -0.39 is 23.2 Å². The van der Waals surface area contributed by atoms with Crippen LogP contribution in [0.3, 0.4) is 0 Å². The fourth-order valence-electron chi connectivity index (χ4n) is 3.83. The van der Waals surface area contributed by atoms with Crippen LogP contribution in [0.25, 0.3) is 0 Å². The van der Waals surface area contributed by atoms with Crippen molar-refractivity contribution in [1.82, 2.24) is 20.5 Å². The SMILES string of the molecule is CC1(C)CCC(CN(C=O)OCc2ccccc2)(C(=O)NNc2nccc(C(F)(F)F)n2)CC1. The minimum Gasteiger partial charge on any atom is -0.276 e. The highest BCUT2D eigenvalue weighted by atomic mass is 19.4. The van der Waals surface area contributed by atoms with Gasteiger partial charge in [-0.05, 0) is 42.7 Å². The third kappa shape index (κ3) is 6.66. The monoisotopic (exact) mass is 479 g/mol. The van der Waals surface area contributed by atoms with Crippen molar-refractivity contribution in [1.29, 1.82) is 0 Å². The van der Waals surface area contributed by atoms with Crippen LogP contribution >= 0.6 is 0 Å². The molecule has 0 bridgehead atoms. The predicted molar refractivity (Wildman–Crippen MR) is 117 cm³/mol.